The molecule has 0 fully saturated rings. The van der Waals surface area contributed by atoms with E-state index in [0.717, 1.165) is 6.42 Å². The van der Waals surface area contributed by atoms with Crippen LogP contribution in [0.1, 0.15) is 49.9 Å². The van der Waals surface area contributed by atoms with Crippen molar-refractivity contribution in [1.82, 2.24) is 0 Å². The van der Waals surface area contributed by atoms with Gasteiger partial charge in [-0.3, -0.25) is 0 Å². The molecule has 0 saturated carbocycles. The number of aryl methyl sites for hydroxylation is 3. The number of hydrogen-bond donors (Lipinski definition) is 0. The van der Waals surface area contributed by atoms with Gasteiger partial charge in [-0.05, 0) is 0 Å². The van der Waals surface area contributed by atoms with Crippen molar-refractivity contribution in [2.45, 2.75) is 53.4 Å². The average Bonchev–Trinajstić information content (AvgIpc) is 3.07. The molecule has 2 aromatic rings. The van der Waals surface area contributed by atoms with Crippen LogP contribution in [0.3, 0.4) is 0 Å². The van der Waals surface area contributed by atoms with Gasteiger partial charge < -0.3 is 28.8 Å². The van der Waals surface area contributed by atoms with Crippen molar-refractivity contribution in [1.29, 1.82) is 0 Å². The Morgan fingerprint density at radius 1 is 0.737 bits per heavy atom. The van der Waals surface area contributed by atoms with E-state index in [1.165, 1.54) is 24.8 Å². The molecule has 19 heavy (non-hydrogen) atoms. The van der Waals surface area contributed by atoms with E-state index < -0.39 is 0 Å². The second-order valence-electron chi connectivity index (χ2n) is 4.57. The summed E-state index contributed by atoms with van der Waals surface area (Å²) in [5, 5.41) is 0. The quantitative estimate of drug-likeness (QED) is 0.547. The first-order valence-electron chi connectivity index (χ1n) is 7.23. The summed E-state index contributed by atoms with van der Waals surface area (Å²) in [4.78, 5) is 0. The molecule has 0 spiro atoms. The van der Waals surface area contributed by atoms with Crippen LogP contribution in [-0.4, -0.2) is 0 Å². The summed E-state index contributed by atoms with van der Waals surface area (Å²) in [7, 11) is 0. The van der Waals surface area contributed by atoms with Gasteiger partial charge in [-0.1, -0.05) is 34.1 Å². The molecule has 1 heteroatoms. The van der Waals surface area contributed by atoms with Crippen LogP contribution in [-0.2, 0) is 42.8 Å². The van der Waals surface area contributed by atoms with E-state index >= 15 is 0 Å². The Morgan fingerprint density at radius 3 is 1.47 bits per heavy atom. The smallest absolute Gasteiger partial charge is 0 e. The molecule has 0 aliphatic heterocycles. The van der Waals surface area contributed by atoms with Gasteiger partial charge in [0.25, 0.3) is 0 Å². The molecule has 0 unspecified atom stereocenters. The van der Waals surface area contributed by atoms with Gasteiger partial charge in [0.15, 0.2) is 0 Å². The SMILES string of the molecule is CC[c-]1[cH-][cH-][c-](CC)[c-]1CC.CC[c-]1cccc1.[Fe]. The van der Waals surface area contributed by atoms with Crippen molar-refractivity contribution < 1.29 is 17.1 Å². The maximum atomic E-state index is 2.28. The summed E-state index contributed by atoms with van der Waals surface area (Å²) in [6.07, 6.45) is 4.72. The van der Waals surface area contributed by atoms with E-state index in [1.54, 1.807) is 16.7 Å². The summed E-state index contributed by atoms with van der Waals surface area (Å²) >= 11 is 0. The summed E-state index contributed by atoms with van der Waals surface area (Å²) in [5.74, 6) is 0. The van der Waals surface area contributed by atoms with E-state index in [0.29, 0.717) is 0 Å². The van der Waals surface area contributed by atoms with Gasteiger partial charge in [0.05, 0.1) is 0 Å². The third-order valence-corrected chi connectivity index (χ3v) is 3.52. The van der Waals surface area contributed by atoms with Crippen LogP contribution in [0.15, 0.2) is 36.4 Å². The van der Waals surface area contributed by atoms with Gasteiger partial charge in [0.1, 0.15) is 0 Å². The van der Waals surface area contributed by atoms with Crippen molar-refractivity contribution in [3.05, 3.63) is 58.7 Å². The molecule has 0 aliphatic rings. The minimum atomic E-state index is 0. The number of hydrogen-bond acceptors (Lipinski definition) is 0. The zero-order valence-electron chi connectivity index (χ0n) is 12.6. The molecule has 0 heterocycles. The standard InChI is InChI=1S/C11H17.C7H9.Fe/c1-4-9-7-8-10(5-2)11(9)6-3;1-2-7-5-3-4-6-7;/h7-8H,4-6H2,1-3H3;3-6H,2H2,1H3;/q-5;-1;. The molecule has 0 atom stereocenters. The normalized spacial score (nSPS) is 9.47. The van der Waals surface area contributed by atoms with Gasteiger partial charge in [0, 0.05) is 17.1 Å². The third-order valence-electron chi connectivity index (χ3n) is 3.52. The summed E-state index contributed by atoms with van der Waals surface area (Å²) < 4.78 is 0. The molecular weight excluding hydrogens is 272 g/mol. The van der Waals surface area contributed by atoms with Crippen molar-refractivity contribution in [3.63, 3.8) is 0 Å². The minimum absolute atomic E-state index is 0. The van der Waals surface area contributed by atoms with E-state index in [4.69, 9.17) is 0 Å². The molecule has 0 aliphatic carbocycles. The van der Waals surface area contributed by atoms with Crippen LogP contribution in [0.2, 0.25) is 0 Å². The zero-order chi connectivity index (χ0) is 13.4. The van der Waals surface area contributed by atoms with Gasteiger partial charge in [-0.15, -0.1) is 0 Å². The monoisotopic (exact) mass is 298 g/mol. The van der Waals surface area contributed by atoms with E-state index in [2.05, 4.69) is 64.1 Å². The second kappa shape index (κ2) is 10.1. The van der Waals surface area contributed by atoms with E-state index in [9.17, 15) is 0 Å². The maximum absolute atomic E-state index is 2.28. The van der Waals surface area contributed by atoms with Gasteiger partial charge in [-0.2, -0.15) is 17.7 Å². The predicted octanol–water partition coefficient (Wildman–Crippen LogP) is 5.06. The molecule has 0 radical (unpaired) electrons. The van der Waals surface area contributed by atoms with Crippen LogP contribution >= 0.6 is 0 Å². The Hall–Kier alpha value is -0.781. The molecular formula is C18H26Fe-6. The van der Waals surface area contributed by atoms with Crippen LogP contribution < -0.4 is 0 Å². The van der Waals surface area contributed by atoms with Crippen molar-refractivity contribution >= 4 is 0 Å². The van der Waals surface area contributed by atoms with Crippen molar-refractivity contribution in [3.8, 4) is 0 Å². The molecule has 0 nitrogen and oxygen atoms in total. The first kappa shape index (κ1) is 18.2. The molecule has 0 saturated heterocycles. The van der Waals surface area contributed by atoms with Crippen LogP contribution in [0.5, 0.6) is 0 Å². The van der Waals surface area contributed by atoms with Crippen LogP contribution in [0, 0.1) is 0 Å². The summed E-state index contributed by atoms with van der Waals surface area (Å²) in [5.41, 5.74) is 6.11. The number of rotatable bonds is 4. The Balaban J connectivity index is 0.000000352. The molecule has 2 aromatic carbocycles. The van der Waals surface area contributed by atoms with Crippen LogP contribution in [0.25, 0.3) is 0 Å². The van der Waals surface area contributed by atoms with Gasteiger partial charge >= 0.3 is 0 Å². The zero-order valence-corrected chi connectivity index (χ0v) is 13.8. The topological polar surface area (TPSA) is 0 Å². The average molecular weight is 298 g/mol. The molecule has 0 bridgehead atoms. The fraction of sp³-hybridized carbons (Fsp3) is 0.444. The minimum Gasteiger partial charge on any atom is -0.745 e. The molecule has 0 N–H and O–H groups in total. The molecule has 112 valence electrons. The van der Waals surface area contributed by atoms with Gasteiger partial charge in [0.2, 0.25) is 0 Å². The Labute approximate surface area is 129 Å². The Kier molecular flexibility index (Phi) is 9.65. The predicted molar refractivity (Wildman–Crippen MR) is 81.6 cm³/mol. The molecule has 0 aromatic heterocycles. The maximum Gasteiger partial charge on any atom is 0 e. The van der Waals surface area contributed by atoms with E-state index in [-0.39, 0.29) is 17.1 Å². The van der Waals surface area contributed by atoms with Crippen molar-refractivity contribution in [2.75, 3.05) is 0 Å². The Morgan fingerprint density at radius 2 is 1.21 bits per heavy atom. The fourth-order valence-corrected chi connectivity index (χ4v) is 2.37. The van der Waals surface area contributed by atoms with Gasteiger partial charge in [-0.25, -0.2) is 31.4 Å². The summed E-state index contributed by atoms with van der Waals surface area (Å²) in [6, 6.07) is 13.0. The van der Waals surface area contributed by atoms with Crippen molar-refractivity contribution in [2.24, 2.45) is 0 Å². The second-order valence-corrected chi connectivity index (χ2v) is 4.57. The first-order valence-corrected chi connectivity index (χ1v) is 7.23. The summed E-state index contributed by atoms with van der Waals surface area (Å²) in [6.45, 7) is 8.87. The third kappa shape index (κ3) is 5.38. The molecule has 2 rings (SSSR count). The van der Waals surface area contributed by atoms with E-state index in [1.807, 2.05) is 0 Å². The van der Waals surface area contributed by atoms with Crippen LogP contribution in [0.4, 0.5) is 0 Å². The largest absolute Gasteiger partial charge is 0.745 e. The molecule has 0 amide bonds. The first-order chi connectivity index (χ1) is 8.76. The Bertz CT molecular complexity index is 399. The fourth-order valence-electron chi connectivity index (χ4n) is 2.37.